The molecule has 0 saturated carbocycles. The molecule has 2 unspecified atom stereocenters. The molecule has 0 aliphatic carbocycles. The average molecular weight is 268 g/mol. The molecule has 2 fully saturated rings. The molecule has 0 spiro atoms. The molecule has 0 radical (unpaired) electrons. The topological polar surface area (TPSA) is 66.9 Å². The van der Waals surface area contributed by atoms with Gasteiger partial charge in [-0.25, -0.2) is 0 Å². The molecule has 106 valence electrons. The van der Waals surface area contributed by atoms with Crippen LogP contribution >= 0.6 is 0 Å². The molecule has 0 aromatic heterocycles. The molecular weight excluding hydrogens is 248 g/mol. The molecule has 0 aromatic rings. The van der Waals surface area contributed by atoms with E-state index in [2.05, 4.69) is 0 Å². The standard InChI is InChI=1S/C13H20N2O4/c1-9-6-14(7-10(9)13(18)19-2)8-12(17)15-5-3-4-11(15)16/h9-10H,3-8H2,1-2H3. The Morgan fingerprint density at radius 1 is 1.37 bits per heavy atom. The summed E-state index contributed by atoms with van der Waals surface area (Å²) in [6.45, 7) is 3.94. The Hall–Kier alpha value is -1.43. The number of hydrogen-bond donors (Lipinski definition) is 0. The molecule has 2 heterocycles. The molecule has 0 N–H and O–H groups in total. The lowest BCUT2D eigenvalue weighted by atomic mass is 9.99. The van der Waals surface area contributed by atoms with Gasteiger partial charge in [0.05, 0.1) is 19.6 Å². The predicted molar refractivity (Wildman–Crippen MR) is 67.1 cm³/mol. The monoisotopic (exact) mass is 268 g/mol. The number of likely N-dealkylation sites (tertiary alicyclic amines) is 2. The Labute approximate surface area is 112 Å². The maximum atomic E-state index is 12.0. The van der Waals surface area contributed by atoms with E-state index in [0.717, 1.165) is 6.42 Å². The van der Waals surface area contributed by atoms with Crippen molar-refractivity contribution >= 4 is 17.8 Å². The third-order valence-electron chi connectivity index (χ3n) is 3.93. The second-order valence-corrected chi connectivity index (χ2v) is 5.34. The fourth-order valence-electron chi connectivity index (χ4n) is 2.84. The van der Waals surface area contributed by atoms with Gasteiger partial charge >= 0.3 is 5.97 Å². The van der Waals surface area contributed by atoms with Gasteiger partial charge in [0.2, 0.25) is 11.8 Å². The molecule has 2 aliphatic rings. The highest BCUT2D eigenvalue weighted by molar-refractivity contribution is 5.97. The predicted octanol–water partition coefficient (Wildman–Crippen LogP) is -0.124. The van der Waals surface area contributed by atoms with Crippen molar-refractivity contribution in [3.05, 3.63) is 0 Å². The fourth-order valence-corrected chi connectivity index (χ4v) is 2.84. The molecule has 2 saturated heterocycles. The van der Waals surface area contributed by atoms with Crippen LogP contribution in [0.25, 0.3) is 0 Å². The van der Waals surface area contributed by atoms with Crippen LogP contribution in [0.15, 0.2) is 0 Å². The molecule has 2 atom stereocenters. The molecule has 6 heteroatoms. The van der Waals surface area contributed by atoms with Crippen molar-refractivity contribution in [2.24, 2.45) is 11.8 Å². The Kier molecular flexibility index (Phi) is 4.19. The van der Waals surface area contributed by atoms with Crippen molar-refractivity contribution in [3.63, 3.8) is 0 Å². The molecular formula is C13H20N2O4. The van der Waals surface area contributed by atoms with Crippen LogP contribution in [0.2, 0.25) is 0 Å². The van der Waals surface area contributed by atoms with E-state index in [1.165, 1.54) is 12.0 Å². The van der Waals surface area contributed by atoms with Gasteiger partial charge in [-0.1, -0.05) is 6.92 Å². The summed E-state index contributed by atoms with van der Waals surface area (Å²) in [7, 11) is 1.38. The number of carbonyl (C=O) groups is 3. The van der Waals surface area contributed by atoms with Gasteiger partial charge in [-0.15, -0.1) is 0 Å². The summed E-state index contributed by atoms with van der Waals surface area (Å²) in [6.07, 6.45) is 1.22. The van der Waals surface area contributed by atoms with E-state index in [-0.39, 0.29) is 36.2 Å². The number of ether oxygens (including phenoxy) is 1. The van der Waals surface area contributed by atoms with Gasteiger partial charge in [-0.3, -0.25) is 24.2 Å². The van der Waals surface area contributed by atoms with Crippen LogP contribution < -0.4 is 0 Å². The normalized spacial score (nSPS) is 27.9. The van der Waals surface area contributed by atoms with E-state index in [9.17, 15) is 14.4 Å². The number of imide groups is 1. The second kappa shape index (κ2) is 5.69. The SMILES string of the molecule is COC(=O)C1CN(CC(=O)N2CCCC2=O)CC1C. The summed E-state index contributed by atoms with van der Waals surface area (Å²) in [6, 6.07) is 0. The van der Waals surface area contributed by atoms with Crippen LogP contribution in [0.5, 0.6) is 0 Å². The number of rotatable bonds is 3. The summed E-state index contributed by atoms with van der Waals surface area (Å²) in [5.74, 6) is -0.455. The van der Waals surface area contributed by atoms with Gasteiger partial charge in [0.25, 0.3) is 0 Å². The maximum Gasteiger partial charge on any atom is 0.310 e. The van der Waals surface area contributed by atoms with Crippen molar-refractivity contribution in [2.45, 2.75) is 19.8 Å². The summed E-state index contributed by atoms with van der Waals surface area (Å²) in [5.41, 5.74) is 0. The number of carbonyl (C=O) groups excluding carboxylic acids is 3. The quantitative estimate of drug-likeness (QED) is 0.667. The van der Waals surface area contributed by atoms with Crippen molar-refractivity contribution in [3.8, 4) is 0 Å². The fraction of sp³-hybridized carbons (Fsp3) is 0.769. The zero-order valence-electron chi connectivity index (χ0n) is 11.4. The van der Waals surface area contributed by atoms with Gasteiger partial charge in [0.15, 0.2) is 0 Å². The Morgan fingerprint density at radius 3 is 2.68 bits per heavy atom. The largest absolute Gasteiger partial charge is 0.469 e. The zero-order chi connectivity index (χ0) is 14.0. The van der Waals surface area contributed by atoms with Gasteiger partial charge in [-0.2, -0.15) is 0 Å². The minimum Gasteiger partial charge on any atom is -0.469 e. The molecule has 19 heavy (non-hydrogen) atoms. The van der Waals surface area contributed by atoms with Gasteiger partial charge in [0.1, 0.15) is 0 Å². The summed E-state index contributed by atoms with van der Waals surface area (Å²) >= 11 is 0. The third kappa shape index (κ3) is 2.94. The lowest BCUT2D eigenvalue weighted by Crippen LogP contribution is -2.40. The van der Waals surface area contributed by atoms with Crippen molar-refractivity contribution in [1.29, 1.82) is 0 Å². The van der Waals surface area contributed by atoms with E-state index >= 15 is 0 Å². The van der Waals surface area contributed by atoms with Crippen LogP contribution in [0, 0.1) is 11.8 Å². The first-order chi connectivity index (χ1) is 9.02. The molecule has 2 rings (SSSR count). The first-order valence-electron chi connectivity index (χ1n) is 6.66. The first kappa shape index (κ1) is 14.0. The Bertz CT molecular complexity index is 396. The smallest absolute Gasteiger partial charge is 0.310 e. The minimum atomic E-state index is -0.223. The van der Waals surface area contributed by atoms with Gasteiger partial charge in [-0.05, 0) is 12.3 Å². The summed E-state index contributed by atoms with van der Waals surface area (Å²) in [5, 5.41) is 0. The maximum absolute atomic E-state index is 12.0. The van der Waals surface area contributed by atoms with Crippen molar-refractivity contribution in [2.75, 3.05) is 33.3 Å². The highest BCUT2D eigenvalue weighted by Gasteiger charge is 2.37. The lowest BCUT2D eigenvalue weighted by molar-refractivity contribution is -0.147. The van der Waals surface area contributed by atoms with Crippen LogP contribution in [0.3, 0.4) is 0 Å². The van der Waals surface area contributed by atoms with Gasteiger partial charge in [0, 0.05) is 26.1 Å². The van der Waals surface area contributed by atoms with Crippen LogP contribution in [0.4, 0.5) is 0 Å². The number of methoxy groups -OCH3 is 1. The highest BCUT2D eigenvalue weighted by atomic mass is 16.5. The van der Waals surface area contributed by atoms with E-state index in [0.29, 0.717) is 26.1 Å². The first-order valence-corrected chi connectivity index (χ1v) is 6.66. The molecule has 0 aromatic carbocycles. The number of amides is 2. The lowest BCUT2D eigenvalue weighted by Gasteiger charge is -2.19. The molecule has 2 aliphatic heterocycles. The van der Waals surface area contributed by atoms with Crippen molar-refractivity contribution < 1.29 is 19.1 Å². The van der Waals surface area contributed by atoms with E-state index in [1.807, 2.05) is 11.8 Å². The number of esters is 1. The molecule has 2 amide bonds. The van der Waals surface area contributed by atoms with Crippen LogP contribution in [0.1, 0.15) is 19.8 Å². The van der Waals surface area contributed by atoms with E-state index < -0.39 is 0 Å². The third-order valence-corrected chi connectivity index (χ3v) is 3.93. The second-order valence-electron chi connectivity index (χ2n) is 5.34. The molecule has 0 bridgehead atoms. The molecule has 6 nitrogen and oxygen atoms in total. The number of hydrogen-bond acceptors (Lipinski definition) is 5. The van der Waals surface area contributed by atoms with Gasteiger partial charge < -0.3 is 4.74 Å². The van der Waals surface area contributed by atoms with E-state index in [1.54, 1.807) is 0 Å². The summed E-state index contributed by atoms with van der Waals surface area (Å²) < 4.78 is 4.76. The van der Waals surface area contributed by atoms with E-state index in [4.69, 9.17) is 4.74 Å². The van der Waals surface area contributed by atoms with Crippen molar-refractivity contribution in [1.82, 2.24) is 9.80 Å². The van der Waals surface area contributed by atoms with Crippen LogP contribution in [-0.4, -0.2) is 60.9 Å². The Balaban J connectivity index is 1.89. The average Bonchev–Trinajstić information content (AvgIpc) is 2.94. The zero-order valence-corrected chi connectivity index (χ0v) is 11.4. The van der Waals surface area contributed by atoms with Crippen LogP contribution in [-0.2, 0) is 19.1 Å². The Morgan fingerprint density at radius 2 is 2.11 bits per heavy atom. The minimum absolute atomic E-state index is 0.0817. The number of nitrogens with zero attached hydrogens (tertiary/aromatic N) is 2. The highest BCUT2D eigenvalue weighted by Crippen LogP contribution is 2.24. The summed E-state index contributed by atoms with van der Waals surface area (Å²) in [4.78, 5) is 38.3.